The van der Waals surface area contributed by atoms with Crippen molar-refractivity contribution in [3.05, 3.63) is 88.5 Å². The van der Waals surface area contributed by atoms with E-state index in [9.17, 15) is 34.2 Å². The Morgan fingerprint density at radius 1 is 0.952 bits per heavy atom. The van der Waals surface area contributed by atoms with Crippen LogP contribution in [0.25, 0.3) is 0 Å². The van der Waals surface area contributed by atoms with Crippen LogP contribution in [0.3, 0.4) is 0 Å². The molecule has 12 heteroatoms. The lowest BCUT2D eigenvalue weighted by atomic mass is 10.0. The van der Waals surface area contributed by atoms with Crippen molar-refractivity contribution in [3.63, 3.8) is 0 Å². The van der Waals surface area contributed by atoms with Gasteiger partial charge in [0, 0.05) is 12.2 Å². The molecule has 3 aromatic carbocycles. The topological polar surface area (TPSA) is 186 Å². The van der Waals surface area contributed by atoms with E-state index in [2.05, 4.69) is 5.32 Å². The van der Waals surface area contributed by atoms with Gasteiger partial charge in [-0.25, -0.2) is 4.79 Å². The summed E-state index contributed by atoms with van der Waals surface area (Å²) in [4.78, 5) is 63.4. The second kappa shape index (κ2) is 13.3. The molecule has 0 radical (unpaired) electrons. The lowest BCUT2D eigenvalue weighted by molar-refractivity contribution is -0.144. The normalized spacial score (nSPS) is 12.5. The number of carboxylic acid groups (broad SMARTS) is 2. The van der Waals surface area contributed by atoms with Crippen LogP contribution in [-0.2, 0) is 33.8 Å². The largest absolute Gasteiger partial charge is 0.489 e. The van der Waals surface area contributed by atoms with E-state index in [1.807, 2.05) is 0 Å². The first kappa shape index (κ1) is 29.6. The summed E-state index contributed by atoms with van der Waals surface area (Å²) in [5, 5.41) is 21.1. The Morgan fingerprint density at radius 2 is 1.71 bits per heavy atom. The molecule has 0 unspecified atom stereocenters. The van der Waals surface area contributed by atoms with E-state index < -0.39 is 49.2 Å². The van der Waals surface area contributed by atoms with E-state index in [0.717, 1.165) is 4.90 Å². The molecule has 0 fully saturated rings. The van der Waals surface area contributed by atoms with E-state index >= 15 is 0 Å². The van der Waals surface area contributed by atoms with Crippen LogP contribution in [0.2, 0.25) is 0 Å². The Kier molecular flexibility index (Phi) is 9.38. The standard InChI is InChI=1S/C30H29N3O9/c31-21-8-9-22-20(14-21)7-4-10-41-28-23(11-19(13-26(35)36)12-24(28)42-30(22)40)29(39)32-15-25(34)33(17-27(37)38)16-18-5-2-1-3-6-18/h1-3,5-6,8-9,11-12,14H,4,7,10,13,15-17,31H2,(H,32,39)(H,35,36)(H,37,38). The Hall–Kier alpha value is -5.39. The van der Waals surface area contributed by atoms with E-state index in [4.69, 9.17) is 15.2 Å². The number of carboxylic acids is 2. The van der Waals surface area contributed by atoms with Crippen LogP contribution >= 0.6 is 0 Å². The van der Waals surface area contributed by atoms with Gasteiger partial charge in [0.2, 0.25) is 5.91 Å². The highest BCUT2D eigenvalue weighted by molar-refractivity contribution is 6.01. The van der Waals surface area contributed by atoms with Crippen LogP contribution in [-0.4, -0.2) is 64.5 Å². The molecule has 0 aliphatic carbocycles. The fourth-order valence-electron chi connectivity index (χ4n) is 4.50. The zero-order chi connectivity index (χ0) is 30.2. The number of nitrogens with two attached hydrogens (primary N) is 1. The van der Waals surface area contributed by atoms with Crippen molar-refractivity contribution in [2.24, 2.45) is 0 Å². The number of aliphatic carboxylic acids is 2. The molecule has 2 amide bonds. The smallest absolute Gasteiger partial charge is 0.343 e. The number of carbonyl (C=O) groups is 5. The molecule has 0 spiro atoms. The average molecular weight is 576 g/mol. The number of aryl methyl sites for hydroxylation is 1. The molecule has 0 atom stereocenters. The zero-order valence-corrected chi connectivity index (χ0v) is 22.5. The Morgan fingerprint density at radius 3 is 2.43 bits per heavy atom. The molecule has 0 saturated heterocycles. The Bertz CT molecular complexity index is 1520. The lowest BCUT2D eigenvalue weighted by Crippen LogP contribution is -2.42. The summed E-state index contributed by atoms with van der Waals surface area (Å²) in [5.74, 6) is -4.85. The van der Waals surface area contributed by atoms with Gasteiger partial charge >= 0.3 is 17.9 Å². The van der Waals surface area contributed by atoms with Crippen molar-refractivity contribution in [1.29, 1.82) is 0 Å². The summed E-state index contributed by atoms with van der Waals surface area (Å²) in [5.41, 5.74) is 7.99. The van der Waals surface area contributed by atoms with Crippen molar-refractivity contribution < 1.29 is 43.7 Å². The van der Waals surface area contributed by atoms with E-state index in [-0.39, 0.29) is 41.3 Å². The summed E-state index contributed by atoms with van der Waals surface area (Å²) in [6, 6.07) is 16.1. The number of nitrogen functional groups attached to an aromatic ring is 1. The number of hydrogen-bond donors (Lipinski definition) is 4. The number of ether oxygens (including phenoxy) is 2. The molecular formula is C30H29N3O9. The minimum atomic E-state index is -1.22. The fraction of sp³-hybridized carbons (Fsp3) is 0.233. The molecule has 42 heavy (non-hydrogen) atoms. The van der Waals surface area contributed by atoms with Gasteiger partial charge < -0.3 is 35.6 Å². The maximum absolute atomic E-state index is 13.4. The third-order valence-corrected chi connectivity index (χ3v) is 6.40. The van der Waals surface area contributed by atoms with Crippen molar-refractivity contribution in [3.8, 4) is 11.5 Å². The maximum atomic E-state index is 13.4. The van der Waals surface area contributed by atoms with Gasteiger partial charge in [-0.05, 0) is 59.9 Å². The fourth-order valence-corrected chi connectivity index (χ4v) is 4.50. The third-order valence-electron chi connectivity index (χ3n) is 6.40. The van der Waals surface area contributed by atoms with Gasteiger partial charge in [0.1, 0.15) is 6.54 Å². The molecule has 218 valence electrons. The highest BCUT2D eigenvalue weighted by Crippen LogP contribution is 2.35. The van der Waals surface area contributed by atoms with Crippen LogP contribution in [0, 0.1) is 0 Å². The van der Waals surface area contributed by atoms with Gasteiger partial charge in [-0.2, -0.15) is 0 Å². The molecule has 12 nitrogen and oxygen atoms in total. The number of nitrogens with one attached hydrogen (secondary N) is 1. The summed E-state index contributed by atoms with van der Waals surface area (Å²) in [6.07, 6.45) is 0.419. The molecule has 3 aromatic rings. The van der Waals surface area contributed by atoms with E-state index in [0.29, 0.717) is 29.7 Å². The molecule has 0 bridgehead atoms. The number of esters is 1. The molecule has 1 aliphatic rings. The Labute approximate surface area is 240 Å². The second-order valence-electron chi connectivity index (χ2n) is 9.61. The predicted octanol–water partition coefficient (Wildman–Crippen LogP) is 2.28. The number of carbonyl (C=O) groups excluding carboxylic acids is 3. The molecule has 0 saturated carbocycles. The first-order valence-corrected chi connectivity index (χ1v) is 13.0. The SMILES string of the molecule is Nc1ccc2c(c1)CCCOc1c(cc(CC(=O)O)cc1C(=O)NCC(=O)N(CC(=O)O)Cc1ccccc1)OC2=O. The van der Waals surface area contributed by atoms with Gasteiger partial charge in [-0.3, -0.25) is 19.2 Å². The summed E-state index contributed by atoms with van der Waals surface area (Å²) in [6.45, 7) is -0.998. The number of benzene rings is 3. The molecule has 5 N–H and O–H groups in total. The van der Waals surface area contributed by atoms with Crippen LogP contribution < -0.4 is 20.5 Å². The molecular weight excluding hydrogens is 546 g/mol. The maximum Gasteiger partial charge on any atom is 0.343 e. The van der Waals surface area contributed by atoms with Gasteiger partial charge in [-0.15, -0.1) is 0 Å². The van der Waals surface area contributed by atoms with Gasteiger partial charge in [-0.1, -0.05) is 30.3 Å². The number of nitrogens with zero attached hydrogens (tertiary/aromatic N) is 1. The predicted molar refractivity (Wildman–Crippen MR) is 149 cm³/mol. The van der Waals surface area contributed by atoms with Crippen molar-refractivity contribution >= 4 is 35.4 Å². The van der Waals surface area contributed by atoms with E-state index in [1.165, 1.54) is 18.2 Å². The molecule has 1 aliphatic heterocycles. The minimum absolute atomic E-state index is 0.0114. The highest BCUT2D eigenvalue weighted by Gasteiger charge is 2.26. The summed E-state index contributed by atoms with van der Waals surface area (Å²) in [7, 11) is 0. The summed E-state index contributed by atoms with van der Waals surface area (Å²) < 4.78 is 11.5. The first-order valence-electron chi connectivity index (χ1n) is 13.0. The zero-order valence-electron chi connectivity index (χ0n) is 22.5. The lowest BCUT2D eigenvalue weighted by Gasteiger charge is -2.22. The van der Waals surface area contributed by atoms with Gasteiger partial charge in [0.05, 0.1) is 30.7 Å². The number of amides is 2. The van der Waals surface area contributed by atoms with Crippen LogP contribution in [0.5, 0.6) is 11.5 Å². The number of rotatable bonds is 9. The van der Waals surface area contributed by atoms with Crippen molar-refractivity contribution in [2.75, 3.05) is 25.4 Å². The van der Waals surface area contributed by atoms with Crippen LogP contribution in [0.4, 0.5) is 5.69 Å². The third kappa shape index (κ3) is 7.62. The highest BCUT2D eigenvalue weighted by atomic mass is 16.6. The van der Waals surface area contributed by atoms with Crippen molar-refractivity contribution in [1.82, 2.24) is 10.2 Å². The van der Waals surface area contributed by atoms with E-state index in [1.54, 1.807) is 42.5 Å². The molecule has 0 aromatic heterocycles. The van der Waals surface area contributed by atoms with Crippen LogP contribution in [0.15, 0.2) is 60.7 Å². The van der Waals surface area contributed by atoms with Gasteiger partial charge in [0.15, 0.2) is 11.5 Å². The number of hydrogen-bond acceptors (Lipinski definition) is 8. The van der Waals surface area contributed by atoms with Gasteiger partial charge in [0.25, 0.3) is 5.91 Å². The van der Waals surface area contributed by atoms with Crippen LogP contribution in [0.1, 0.15) is 43.8 Å². The number of fused-ring (bicyclic) bond motifs is 2. The molecule has 1 heterocycles. The molecule has 4 rings (SSSR count). The quantitative estimate of drug-likeness (QED) is 0.168. The second-order valence-corrected chi connectivity index (χ2v) is 9.61. The number of anilines is 1. The Balaban J connectivity index is 1.61. The monoisotopic (exact) mass is 575 g/mol. The van der Waals surface area contributed by atoms with Crippen molar-refractivity contribution in [2.45, 2.75) is 25.8 Å². The minimum Gasteiger partial charge on any atom is -0.489 e. The average Bonchev–Trinajstić information content (AvgIpc) is 2.94. The first-order chi connectivity index (χ1) is 20.1. The summed E-state index contributed by atoms with van der Waals surface area (Å²) >= 11 is 0.